The Kier molecular flexibility index (Phi) is 5.95. The average molecular weight is 256 g/mol. The third-order valence-electron chi connectivity index (χ3n) is 3.51. The van der Waals surface area contributed by atoms with E-state index in [1.54, 1.807) is 6.92 Å². The summed E-state index contributed by atoms with van der Waals surface area (Å²) in [5.74, 6) is -1.06. The lowest BCUT2D eigenvalue weighted by Gasteiger charge is -2.27. The molecule has 5 nitrogen and oxygen atoms in total. The molecule has 104 valence electrons. The summed E-state index contributed by atoms with van der Waals surface area (Å²) in [4.78, 5) is 22.2. The highest BCUT2D eigenvalue weighted by atomic mass is 16.4. The number of rotatable bonds is 7. The van der Waals surface area contributed by atoms with Crippen molar-refractivity contribution in [3.05, 3.63) is 0 Å². The van der Waals surface area contributed by atoms with Crippen molar-refractivity contribution >= 4 is 12.0 Å². The third-order valence-corrected chi connectivity index (χ3v) is 3.51. The maximum Gasteiger partial charge on any atom is 0.315 e. The molecule has 0 spiro atoms. The van der Waals surface area contributed by atoms with Gasteiger partial charge in [0, 0.05) is 12.1 Å². The minimum Gasteiger partial charge on any atom is -0.481 e. The molecule has 0 radical (unpaired) electrons. The Morgan fingerprint density at radius 3 is 2.44 bits per heavy atom. The van der Waals surface area contributed by atoms with E-state index in [4.69, 9.17) is 5.11 Å². The van der Waals surface area contributed by atoms with Crippen molar-refractivity contribution in [2.75, 3.05) is 0 Å². The van der Waals surface area contributed by atoms with Crippen LogP contribution in [0.4, 0.5) is 4.79 Å². The van der Waals surface area contributed by atoms with E-state index in [2.05, 4.69) is 10.6 Å². The molecule has 0 aromatic heterocycles. The first-order valence-corrected chi connectivity index (χ1v) is 6.79. The zero-order valence-corrected chi connectivity index (χ0v) is 11.2. The predicted molar refractivity (Wildman–Crippen MR) is 69.4 cm³/mol. The van der Waals surface area contributed by atoms with Crippen LogP contribution in [0.5, 0.6) is 0 Å². The van der Waals surface area contributed by atoms with E-state index in [0.29, 0.717) is 12.5 Å². The zero-order chi connectivity index (χ0) is 13.5. The van der Waals surface area contributed by atoms with E-state index in [0.717, 1.165) is 25.7 Å². The van der Waals surface area contributed by atoms with Gasteiger partial charge in [-0.1, -0.05) is 13.3 Å². The van der Waals surface area contributed by atoms with E-state index < -0.39 is 5.97 Å². The lowest BCUT2D eigenvalue weighted by atomic mass is 9.93. The van der Waals surface area contributed by atoms with Crippen LogP contribution in [-0.4, -0.2) is 29.2 Å². The van der Waals surface area contributed by atoms with Crippen molar-refractivity contribution in [2.24, 2.45) is 5.92 Å². The first-order chi connectivity index (χ1) is 8.49. The lowest BCUT2D eigenvalue weighted by Crippen LogP contribution is -2.47. The lowest BCUT2D eigenvalue weighted by molar-refractivity contribution is -0.141. The van der Waals surface area contributed by atoms with Crippen LogP contribution in [0, 0.1) is 5.92 Å². The average Bonchev–Trinajstić information content (AvgIpc) is 2.23. The summed E-state index contributed by atoms with van der Waals surface area (Å²) in [5.41, 5.74) is 0. The highest BCUT2D eigenvalue weighted by Crippen LogP contribution is 2.17. The second kappa shape index (κ2) is 7.24. The first-order valence-electron chi connectivity index (χ1n) is 6.79. The molecular weight excluding hydrogens is 232 g/mol. The van der Waals surface area contributed by atoms with Gasteiger partial charge in [0.05, 0.1) is 5.92 Å². The van der Waals surface area contributed by atoms with Gasteiger partial charge in [-0.15, -0.1) is 0 Å². The minimum atomic E-state index is -0.752. The highest BCUT2D eigenvalue weighted by Gasteiger charge is 2.20. The minimum absolute atomic E-state index is 0.0890. The van der Waals surface area contributed by atoms with Gasteiger partial charge in [0.2, 0.25) is 0 Å². The molecule has 0 aromatic rings. The second-order valence-electron chi connectivity index (χ2n) is 5.32. The molecule has 3 N–H and O–H groups in total. The number of urea groups is 1. The SMILES string of the molecule is CC(CCCC(C)C(=O)O)NC(=O)NC1CCC1. The monoisotopic (exact) mass is 256 g/mol. The molecule has 0 aliphatic heterocycles. The van der Waals surface area contributed by atoms with Crippen molar-refractivity contribution in [3.8, 4) is 0 Å². The molecule has 0 saturated heterocycles. The number of carboxylic acids is 1. The van der Waals surface area contributed by atoms with Gasteiger partial charge in [0.25, 0.3) is 0 Å². The fourth-order valence-electron chi connectivity index (χ4n) is 1.93. The second-order valence-corrected chi connectivity index (χ2v) is 5.32. The number of hydrogen-bond donors (Lipinski definition) is 3. The van der Waals surface area contributed by atoms with Gasteiger partial charge < -0.3 is 15.7 Å². The Labute approximate surface area is 108 Å². The number of carbonyl (C=O) groups is 2. The predicted octanol–water partition coefficient (Wildman–Crippen LogP) is 2.12. The quantitative estimate of drug-likeness (QED) is 0.653. The largest absolute Gasteiger partial charge is 0.481 e. The molecule has 0 bridgehead atoms. The summed E-state index contributed by atoms with van der Waals surface area (Å²) < 4.78 is 0. The molecule has 1 aliphatic rings. The maximum atomic E-state index is 11.5. The summed E-state index contributed by atoms with van der Waals surface area (Å²) in [6.45, 7) is 3.66. The van der Waals surface area contributed by atoms with Gasteiger partial charge in [-0.3, -0.25) is 4.79 Å². The van der Waals surface area contributed by atoms with Crippen molar-refractivity contribution in [3.63, 3.8) is 0 Å². The van der Waals surface area contributed by atoms with Crippen LogP contribution in [0.25, 0.3) is 0 Å². The number of hydrogen-bond acceptors (Lipinski definition) is 2. The van der Waals surface area contributed by atoms with E-state index in [1.165, 1.54) is 6.42 Å². The topological polar surface area (TPSA) is 78.4 Å². The molecular formula is C13H24N2O3. The normalized spacial score (nSPS) is 18.6. The van der Waals surface area contributed by atoms with E-state index in [-0.39, 0.29) is 18.0 Å². The van der Waals surface area contributed by atoms with E-state index in [1.807, 2.05) is 6.92 Å². The Hall–Kier alpha value is -1.26. The maximum absolute atomic E-state index is 11.5. The number of amides is 2. The summed E-state index contributed by atoms with van der Waals surface area (Å²) in [6.07, 6.45) is 5.66. The Morgan fingerprint density at radius 1 is 1.28 bits per heavy atom. The van der Waals surface area contributed by atoms with Crippen molar-refractivity contribution in [1.29, 1.82) is 0 Å². The highest BCUT2D eigenvalue weighted by molar-refractivity contribution is 5.74. The fourth-order valence-corrected chi connectivity index (χ4v) is 1.93. The molecule has 2 atom stereocenters. The van der Waals surface area contributed by atoms with Crippen LogP contribution in [-0.2, 0) is 4.79 Å². The van der Waals surface area contributed by atoms with Gasteiger partial charge in [-0.2, -0.15) is 0 Å². The van der Waals surface area contributed by atoms with Crippen molar-refractivity contribution in [2.45, 2.75) is 64.5 Å². The molecule has 18 heavy (non-hydrogen) atoms. The zero-order valence-electron chi connectivity index (χ0n) is 11.2. The molecule has 5 heteroatoms. The Morgan fingerprint density at radius 2 is 1.94 bits per heavy atom. The number of aliphatic carboxylic acids is 1. The molecule has 1 rings (SSSR count). The fraction of sp³-hybridized carbons (Fsp3) is 0.846. The summed E-state index contributed by atoms with van der Waals surface area (Å²) in [7, 11) is 0. The first kappa shape index (κ1) is 14.8. The van der Waals surface area contributed by atoms with Crippen LogP contribution in [0.15, 0.2) is 0 Å². The Bertz CT molecular complexity index is 290. The van der Waals surface area contributed by atoms with Crippen molar-refractivity contribution < 1.29 is 14.7 Å². The van der Waals surface area contributed by atoms with Gasteiger partial charge in [-0.25, -0.2) is 4.79 Å². The van der Waals surface area contributed by atoms with Crippen molar-refractivity contribution in [1.82, 2.24) is 10.6 Å². The van der Waals surface area contributed by atoms with Gasteiger partial charge in [-0.05, 0) is 39.0 Å². The summed E-state index contributed by atoms with van der Waals surface area (Å²) in [6, 6.07) is 0.341. The summed E-state index contributed by atoms with van der Waals surface area (Å²) >= 11 is 0. The number of carboxylic acid groups (broad SMARTS) is 1. The standard InChI is InChI=1S/C13H24N2O3/c1-9(12(16)17)5-3-6-10(2)14-13(18)15-11-7-4-8-11/h9-11H,3-8H2,1-2H3,(H,16,17)(H2,14,15,18). The molecule has 2 amide bonds. The molecule has 1 fully saturated rings. The molecule has 2 unspecified atom stereocenters. The van der Waals surface area contributed by atoms with E-state index >= 15 is 0 Å². The molecule has 0 heterocycles. The van der Waals surface area contributed by atoms with Gasteiger partial charge in [0.1, 0.15) is 0 Å². The Balaban J connectivity index is 2.06. The number of carbonyl (C=O) groups excluding carboxylic acids is 1. The molecule has 0 aromatic carbocycles. The van der Waals surface area contributed by atoms with Gasteiger partial charge in [0.15, 0.2) is 0 Å². The smallest absolute Gasteiger partial charge is 0.315 e. The van der Waals surface area contributed by atoms with Crippen LogP contribution < -0.4 is 10.6 Å². The van der Waals surface area contributed by atoms with E-state index in [9.17, 15) is 9.59 Å². The number of nitrogens with one attached hydrogen (secondary N) is 2. The van der Waals surface area contributed by atoms with Crippen LogP contribution in [0.2, 0.25) is 0 Å². The van der Waals surface area contributed by atoms with Gasteiger partial charge >= 0.3 is 12.0 Å². The van der Waals surface area contributed by atoms with Crippen LogP contribution in [0.3, 0.4) is 0 Å². The molecule has 1 aliphatic carbocycles. The molecule has 1 saturated carbocycles. The van der Waals surface area contributed by atoms with Crippen LogP contribution >= 0.6 is 0 Å². The third kappa shape index (κ3) is 5.38. The summed E-state index contributed by atoms with van der Waals surface area (Å²) in [5, 5.41) is 14.6. The van der Waals surface area contributed by atoms with Crippen LogP contribution in [0.1, 0.15) is 52.4 Å².